The Morgan fingerprint density at radius 2 is 1.95 bits per heavy atom. The number of benzene rings is 1. The maximum atomic E-state index is 5.97. The van der Waals surface area contributed by atoms with Gasteiger partial charge in [-0.15, -0.1) is 0 Å². The summed E-state index contributed by atoms with van der Waals surface area (Å²) in [5.41, 5.74) is 1.63. The predicted molar refractivity (Wildman–Crippen MR) is 83.4 cm³/mol. The van der Waals surface area contributed by atoms with E-state index in [0.29, 0.717) is 34.7 Å². The lowest BCUT2D eigenvalue weighted by Crippen LogP contribution is -2.19. The summed E-state index contributed by atoms with van der Waals surface area (Å²) in [5.74, 6) is 1.26. The van der Waals surface area contributed by atoms with Crippen LogP contribution in [0.1, 0.15) is 11.4 Å². The van der Waals surface area contributed by atoms with Gasteiger partial charge < -0.3 is 14.8 Å². The minimum absolute atomic E-state index is 0.526. The predicted octanol–water partition coefficient (Wildman–Crippen LogP) is 3.55. The Bertz CT molecular complexity index is 582. The molecule has 2 N–H and O–H groups in total. The fraction of sp³-hybridized carbons (Fsp3) is 0.357. The number of aromatic nitrogens is 2. The van der Waals surface area contributed by atoms with E-state index in [9.17, 15) is 0 Å². The van der Waals surface area contributed by atoms with E-state index in [1.165, 1.54) is 0 Å². The molecule has 0 amide bonds. The van der Waals surface area contributed by atoms with Crippen LogP contribution >= 0.6 is 23.2 Å². The van der Waals surface area contributed by atoms with Gasteiger partial charge >= 0.3 is 0 Å². The number of H-pyrrole nitrogens is 1. The molecule has 7 heteroatoms. The molecule has 5 nitrogen and oxygen atoms in total. The van der Waals surface area contributed by atoms with E-state index in [4.69, 9.17) is 32.7 Å². The molecule has 1 heterocycles. The molecular weight excluding hydrogens is 313 g/mol. The zero-order chi connectivity index (χ0) is 15.2. The average molecular weight is 330 g/mol. The molecule has 0 fully saturated rings. The van der Waals surface area contributed by atoms with E-state index >= 15 is 0 Å². The lowest BCUT2D eigenvalue weighted by atomic mass is 10.3. The Hall–Kier alpha value is -1.27. The fourth-order valence-corrected chi connectivity index (χ4v) is 2.32. The molecule has 0 radical (unpaired) electrons. The number of hydrogen-bond acceptors (Lipinski definition) is 4. The highest BCUT2D eigenvalue weighted by Gasteiger charge is 2.13. The number of rotatable bonds is 7. The maximum Gasteiger partial charge on any atom is 0.172 e. The highest BCUT2D eigenvalue weighted by Crippen LogP contribution is 2.31. The molecule has 0 spiro atoms. The van der Waals surface area contributed by atoms with Crippen LogP contribution in [0.2, 0.25) is 10.0 Å². The Kier molecular flexibility index (Phi) is 5.87. The summed E-state index contributed by atoms with van der Waals surface area (Å²) in [6.07, 6.45) is 0. The molecule has 0 aliphatic rings. The summed E-state index contributed by atoms with van der Waals surface area (Å²) in [5, 5.41) is 11.4. The summed E-state index contributed by atoms with van der Waals surface area (Å²) >= 11 is 11.9. The van der Waals surface area contributed by atoms with Crippen LogP contribution in [-0.2, 0) is 11.3 Å². The minimum atomic E-state index is 0.526. The molecule has 0 unspecified atom stereocenters. The topological polar surface area (TPSA) is 59.2 Å². The summed E-state index contributed by atoms with van der Waals surface area (Å²) in [6.45, 7) is 3.86. The Balaban J connectivity index is 2.10. The van der Waals surface area contributed by atoms with Gasteiger partial charge in [0.25, 0.3) is 0 Å². The van der Waals surface area contributed by atoms with Crippen LogP contribution in [-0.4, -0.2) is 30.5 Å². The van der Waals surface area contributed by atoms with Crippen LogP contribution < -0.4 is 10.1 Å². The van der Waals surface area contributed by atoms with Crippen molar-refractivity contribution < 1.29 is 9.47 Å². The van der Waals surface area contributed by atoms with Crippen LogP contribution in [0.25, 0.3) is 0 Å². The van der Waals surface area contributed by atoms with Crippen LogP contribution in [0.3, 0.4) is 0 Å². The number of methoxy groups -OCH3 is 1. The monoisotopic (exact) mass is 329 g/mol. The van der Waals surface area contributed by atoms with Crippen LogP contribution in [0.15, 0.2) is 18.2 Å². The number of ether oxygens (including phenoxy) is 2. The zero-order valence-corrected chi connectivity index (χ0v) is 13.4. The molecule has 1 aromatic carbocycles. The van der Waals surface area contributed by atoms with E-state index in [-0.39, 0.29) is 0 Å². The van der Waals surface area contributed by atoms with Gasteiger partial charge in [-0.1, -0.05) is 23.2 Å². The summed E-state index contributed by atoms with van der Waals surface area (Å²) in [4.78, 5) is 0. The van der Waals surface area contributed by atoms with E-state index in [1.54, 1.807) is 25.3 Å². The van der Waals surface area contributed by atoms with Gasteiger partial charge in [0.1, 0.15) is 11.4 Å². The number of hydrogen-bond donors (Lipinski definition) is 2. The second kappa shape index (κ2) is 7.66. The summed E-state index contributed by atoms with van der Waals surface area (Å²) in [7, 11) is 1.66. The Labute approximate surface area is 133 Å². The first kappa shape index (κ1) is 16.1. The zero-order valence-electron chi connectivity index (χ0n) is 11.9. The second-order valence-corrected chi connectivity index (χ2v) is 5.37. The van der Waals surface area contributed by atoms with Crippen molar-refractivity contribution in [3.8, 4) is 11.5 Å². The molecule has 0 saturated heterocycles. The molecule has 0 bridgehead atoms. The highest BCUT2D eigenvalue weighted by atomic mass is 35.5. The molecule has 0 atom stereocenters. The molecule has 114 valence electrons. The van der Waals surface area contributed by atoms with Crippen LogP contribution in [0.4, 0.5) is 0 Å². The normalized spacial score (nSPS) is 10.9. The van der Waals surface area contributed by atoms with Gasteiger partial charge in [-0.3, -0.25) is 5.10 Å². The standard InChI is InChI=1S/C14H17Cl2N3O2/c1-9-14(13(19-18-9)8-17-3-4-20-2)21-12-6-10(15)5-11(16)7-12/h5-7,17H,3-4,8H2,1-2H3,(H,18,19). The van der Waals surface area contributed by atoms with Crippen LogP contribution in [0.5, 0.6) is 11.5 Å². The first-order valence-corrected chi connectivity index (χ1v) is 7.23. The second-order valence-electron chi connectivity index (χ2n) is 4.50. The van der Waals surface area contributed by atoms with Gasteiger partial charge in [0.05, 0.1) is 12.3 Å². The average Bonchev–Trinajstić information content (AvgIpc) is 2.75. The number of nitrogens with zero attached hydrogens (tertiary/aromatic N) is 1. The first-order valence-electron chi connectivity index (χ1n) is 6.47. The molecule has 1 aromatic heterocycles. The summed E-state index contributed by atoms with van der Waals surface area (Å²) in [6, 6.07) is 5.08. The van der Waals surface area contributed by atoms with E-state index < -0.39 is 0 Å². The number of aryl methyl sites for hydroxylation is 1. The van der Waals surface area contributed by atoms with Gasteiger partial charge in [-0.2, -0.15) is 5.10 Å². The molecule has 0 aliphatic carbocycles. The van der Waals surface area contributed by atoms with Gasteiger partial charge in [-0.25, -0.2) is 0 Å². The Morgan fingerprint density at radius 3 is 2.62 bits per heavy atom. The minimum Gasteiger partial charge on any atom is -0.453 e. The SMILES string of the molecule is COCCNCc1n[nH]c(C)c1Oc1cc(Cl)cc(Cl)c1. The van der Waals surface area contributed by atoms with E-state index in [0.717, 1.165) is 17.9 Å². The quantitative estimate of drug-likeness (QED) is 0.762. The number of nitrogens with one attached hydrogen (secondary N) is 2. The van der Waals surface area contributed by atoms with Gasteiger partial charge in [0.2, 0.25) is 0 Å². The Morgan fingerprint density at radius 1 is 1.24 bits per heavy atom. The fourth-order valence-electron chi connectivity index (χ4n) is 1.81. The molecule has 2 rings (SSSR count). The molecule has 21 heavy (non-hydrogen) atoms. The van der Waals surface area contributed by atoms with Crippen LogP contribution in [0, 0.1) is 6.92 Å². The molecule has 2 aromatic rings. The van der Waals surface area contributed by atoms with Crippen molar-refractivity contribution >= 4 is 23.2 Å². The van der Waals surface area contributed by atoms with Crippen molar-refractivity contribution in [3.63, 3.8) is 0 Å². The molecular formula is C14H17Cl2N3O2. The third-order valence-corrected chi connectivity index (χ3v) is 3.23. The number of aromatic amines is 1. The third-order valence-electron chi connectivity index (χ3n) is 2.79. The lowest BCUT2D eigenvalue weighted by Gasteiger charge is -2.09. The molecule has 0 saturated carbocycles. The van der Waals surface area contributed by atoms with E-state index in [2.05, 4.69) is 15.5 Å². The highest BCUT2D eigenvalue weighted by molar-refractivity contribution is 6.34. The van der Waals surface area contributed by atoms with Crippen molar-refractivity contribution in [3.05, 3.63) is 39.6 Å². The largest absolute Gasteiger partial charge is 0.453 e. The van der Waals surface area contributed by atoms with Crippen molar-refractivity contribution in [1.29, 1.82) is 0 Å². The van der Waals surface area contributed by atoms with Crippen molar-refractivity contribution in [2.75, 3.05) is 20.3 Å². The first-order chi connectivity index (χ1) is 10.1. The van der Waals surface area contributed by atoms with Gasteiger partial charge in [0.15, 0.2) is 5.75 Å². The van der Waals surface area contributed by atoms with Crippen molar-refractivity contribution in [1.82, 2.24) is 15.5 Å². The van der Waals surface area contributed by atoms with Gasteiger partial charge in [-0.05, 0) is 25.1 Å². The van der Waals surface area contributed by atoms with Crippen molar-refractivity contribution in [2.24, 2.45) is 0 Å². The van der Waals surface area contributed by atoms with E-state index in [1.807, 2.05) is 6.92 Å². The summed E-state index contributed by atoms with van der Waals surface area (Å²) < 4.78 is 10.9. The van der Waals surface area contributed by atoms with Crippen molar-refractivity contribution in [2.45, 2.75) is 13.5 Å². The maximum absolute atomic E-state index is 5.97. The third kappa shape index (κ3) is 4.61. The van der Waals surface area contributed by atoms with Gasteiger partial charge in [0, 0.05) is 30.2 Å². The number of halogens is 2. The lowest BCUT2D eigenvalue weighted by molar-refractivity contribution is 0.199. The molecule has 0 aliphatic heterocycles. The smallest absolute Gasteiger partial charge is 0.172 e.